The lowest BCUT2D eigenvalue weighted by atomic mass is 9.96. The number of benzene rings is 2. The van der Waals surface area contributed by atoms with Crippen molar-refractivity contribution >= 4 is 17.5 Å². The van der Waals surface area contributed by atoms with Gasteiger partial charge < -0.3 is 15.4 Å². The van der Waals surface area contributed by atoms with Gasteiger partial charge >= 0.3 is 6.61 Å². The monoisotopic (exact) mass is 410 g/mol. The van der Waals surface area contributed by atoms with Crippen LogP contribution in [0.1, 0.15) is 32.1 Å². The highest BCUT2D eigenvalue weighted by molar-refractivity contribution is 5.67. The van der Waals surface area contributed by atoms with Gasteiger partial charge in [0.1, 0.15) is 11.6 Å². The first-order valence-corrected chi connectivity index (χ1v) is 10.2. The molecule has 30 heavy (non-hydrogen) atoms. The van der Waals surface area contributed by atoms with Gasteiger partial charge in [-0.25, -0.2) is 4.98 Å². The van der Waals surface area contributed by atoms with Gasteiger partial charge in [0.25, 0.3) is 0 Å². The molecule has 0 radical (unpaired) electrons. The maximum atomic E-state index is 12.3. The minimum Gasteiger partial charge on any atom is -0.435 e. The molecule has 156 valence electrons. The molecule has 1 aliphatic carbocycles. The fraction of sp³-hybridized carbons (Fsp3) is 0.304. The first-order valence-electron chi connectivity index (χ1n) is 10.2. The van der Waals surface area contributed by atoms with E-state index >= 15 is 0 Å². The van der Waals surface area contributed by atoms with Gasteiger partial charge in [-0.15, -0.1) is 0 Å². The Kier molecular flexibility index (Phi) is 6.37. The number of nitrogens with one attached hydrogen (secondary N) is 2. The number of hydrogen-bond donors (Lipinski definition) is 2. The summed E-state index contributed by atoms with van der Waals surface area (Å²) in [5, 5.41) is 6.72. The number of hydrogen-bond acceptors (Lipinski definition) is 5. The van der Waals surface area contributed by atoms with Crippen molar-refractivity contribution in [3.63, 3.8) is 0 Å². The second kappa shape index (κ2) is 9.52. The Bertz CT molecular complexity index is 945. The zero-order chi connectivity index (χ0) is 20.8. The van der Waals surface area contributed by atoms with E-state index in [0.29, 0.717) is 17.8 Å². The van der Waals surface area contributed by atoms with Crippen molar-refractivity contribution in [3.8, 4) is 17.0 Å². The summed E-state index contributed by atoms with van der Waals surface area (Å²) in [6.07, 6.45) is 5.95. The number of ether oxygens (including phenoxy) is 1. The summed E-state index contributed by atoms with van der Waals surface area (Å²) < 4.78 is 29.1. The van der Waals surface area contributed by atoms with Crippen LogP contribution in [0.2, 0.25) is 0 Å². The van der Waals surface area contributed by atoms with E-state index in [2.05, 4.69) is 20.4 Å². The molecular formula is C23H24F2N4O. The normalized spacial score (nSPS) is 14.5. The molecule has 0 spiro atoms. The molecule has 1 saturated carbocycles. The van der Waals surface area contributed by atoms with Crippen molar-refractivity contribution in [1.82, 2.24) is 9.97 Å². The van der Waals surface area contributed by atoms with Crippen molar-refractivity contribution in [3.05, 3.63) is 60.7 Å². The molecule has 0 amide bonds. The molecule has 5 nitrogen and oxygen atoms in total. The molecule has 1 aromatic heterocycles. The Morgan fingerprint density at radius 2 is 1.63 bits per heavy atom. The van der Waals surface area contributed by atoms with E-state index in [0.717, 1.165) is 29.8 Å². The zero-order valence-electron chi connectivity index (χ0n) is 16.5. The van der Waals surface area contributed by atoms with Crippen LogP contribution in [0.4, 0.5) is 26.2 Å². The van der Waals surface area contributed by atoms with Gasteiger partial charge in [-0.05, 0) is 37.1 Å². The lowest BCUT2D eigenvalue weighted by Gasteiger charge is -2.23. The number of alkyl halides is 2. The molecule has 1 heterocycles. The second-order valence-corrected chi connectivity index (χ2v) is 7.34. The van der Waals surface area contributed by atoms with Crippen LogP contribution in [0, 0.1) is 0 Å². The van der Waals surface area contributed by atoms with E-state index in [-0.39, 0.29) is 5.75 Å². The van der Waals surface area contributed by atoms with Gasteiger partial charge in [-0.3, -0.25) is 0 Å². The van der Waals surface area contributed by atoms with Gasteiger partial charge in [0.05, 0.1) is 5.69 Å². The molecule has 2 N–H and O–H groups in total. The van der Waals surface area contributed by atoms with Crippen molar-refractivity contribution in [2.75, 3.05) is 10.6 Å². The maximum Gasteiger partial charge on any atom is 0.387 e. The van der Waals surface area contributed by atoms with Crippen molar-refractivity contribution in [2.45, 2.75) is 44.8 Å². The third kappa shape index (κ3) is 5.43. The van der Waals surface area contributed by atoms with E-state index in [9.17, 15) is 8.78 Å². The fourth-order valence-corrected chi connectivity index (χ4v) is 3.63. The predicted molar refractivity (Wildman–Crippen MR) is 114 cm³/mol. The molecular weight excluding hydrogens is 386 g/mol. The largest absolute Gasteiger partial charge is 0.435 e. The molecule has 0 atom stereocenters. The zero-order valence-corrected chi connectivity index (χ0v) is 16.5. The fourth-order valence-electron chi connectivity index (χ4n) is 3.63. The number of rotatable bonds is 7. The molecule has 1 aliphatic rings. The highest BCUT2D eigenvalue weighted by Crippen LogP contribution is 2.27. The number of anilines is 3. The van der Waals surface area contributed by atoms with E-state index in [1.807, 2.05) is 36.4 Å². The predicted octanol–water partition coefficient (Wildman–Crippen LogP) is 6.23. The highest BCUT2D eigenvalue weighted by Gasteiger charge is 2.15. The summed E-state index contributed by atoms with van der Waals surface area (Å²) in [4.78, 5) is 9.36. The van der Waals surface area contributed by atoms with Crippen LogP contribution in [0.5, 0.6) is 5.75 Å². The van der Waals surface area contributed by atoms with Gasteiger partial charge in [-0.2, -0.15) is 13.8 Å². The van der Waals surface area contributed by atoms with Crippen LogP contribution in [0.3, 0.4) is 0 Å². The summed E-state index contributed by atoms with van der Waals surface area (Å²) >= 11 is 0. The van der Waals surface area contributed by atoms with Crippen molar-refractivity contribution in [1.29, 1.82) is 0 Å². The van der Waals surface area contributed by atoms with Gasteiger partial charge in [0.2, 0.25) is 5.95 Å². The average molecular weight is 410 g/mol. The second-order valence-electron chi connectivity index (χ2n) is 7.34. The van der Waals surface area contributed by atoms with E-state index in [1.165, 1.54) is 31.4 Å². The van der Waals surface area contributed by atoms with Crippen LogP contribution in [0.25, 0.3) is 11.3 Å². The molecule has 7 heteroatoms. The Hall–Kier alpha value is -3.22. The van der Waals surface area contributed by atoms with Crippen LogP contribution in [-0.4, -0.2) is 22.6 Å². The molecule has 0 unspecified atom stereocenters. The Morgan fingerprint density at radius 1 is 0.900 bits per heavy atom. The first-order chi connectivity index (χ1) is 14.7. The Balaban J connectivity index is 1.58. The highest BCUT2D eigenvalue weighted by atomic mass is 19.3. The molecule has 0 saturated heterocycles. The number of halogens is 2. The van der Waals surface area contributed by atoms with Gasteiger partial charge in [-0.1, -0.05) is 49.6 Å². The van der Waals surface area contributed by atoms with Crippen molar-refractivity contribution in [2.24, 2.45) is 0 Å². The van der Waals surface area contributed by atoms with Crippen LogP contribution >= 0.6 is 0 Å². The molecule has 0 aliphatic heterocycles. The minimum absolute atomic E-state index is 0.114. The third-order valence-corrected chi connectivity index (χ3v) is 5.09. The quantitative estimate of drug-likeness (QED) is 0.483. The average Bonchev–Trinajstić information content (AvgIpc) is 2.76. The Labute approximate surface area is 174 Å². The van der Waals surface area contributed by atoms with Gasteiger partial charge in [0.15, 0.2) is 0 Å². The maximum absolute atomic E-state index is 12.3. The lowest BCUT2D eigenvalue weighted by molar-refractivity contribution is -0.0498. The molecule has 0 bridgehead atoms. The van der Waals surface area contributed by atoms with Crippen LogP contribution < -0.4 is 15.4 Å². The smallest absolute Gasteiger partial charge is 0.387 e. The topological polar surface area (TPSA) is 59.1 Å². The van der Waals surface area contributed by atoms with Crippen LogP contribution in [-0.2, 0) is 0 Å². The third-order valence-electron chi connectivity index (χ3n) is 5.09. The lowest BCUT2D eigenvalue weighted by Crippen LogP contribution is -2.23. The van der Waals surface area contributed by atoms with E-state index in [4.69, 9.17) is 4.98 Å². The number of nitrogens with zero attached hydrogens (tertiary/aromatic N) is 2. The molecule has 4 rings (SSSR count). The van der Waals surface area contributed by atoms with E-state index < -0.39 is 6.61 Å². The standard InChI is InChI=1S/C23H24F2N4O/c24-22(25)30-19-13-11-18(12-14-19)26-21-15-20(16-7-3-1-4-8-16)28-23(29-21)27-17-9-5-2-6-10-17/h1,3-4,7-8,11-15,17,22H,2,5-6,9-10H2,(H2,26,27,28,29). The van der Waals surface area contributed by atoms with Crippen LogP contribution in [0.15, 0.2) is 60.7 Å². The summed E-state index contributed by atoms with van der Waals surface area (Å²) in [6.45, 7) is -2.84. The first kappa shape index (κ1) is 20.1. The summed E-state index contributed by atoms with van der Waals surface area (Å²) in [5.41, 5.74) is 2.53. The minimum atomic E-state index is -2.84. The van der Waals surface area contributed by atoms with E-state index in [1.54, 1.807) is 12.1 Å². The summed E-state index contributed by atoms with van der Waals surface area (Å²) in [7, 11) is 0. The summed E-state index contributed by atoms with van der Waals surface area (Å²) in [6, 6.07) is 18.5. The summed E-state index contributed by atoms with van der Waals surface area (Å²) in [5.74, 6) is 1.33. The SMILES string of the molecule is FC(F)Oc1ccc(Nc2cc(-c3ccccc3)nc(NC3CCCCC3)n2)cc1. The molecule has 2 aromatic carbocycles. The number of aromatic nitrogens is 2. The van der Waals surface area contributed by atoms with Crippen molar-refractivity contribution < 1.29 is 13.5 Å². The molecule has 1 fully saturated rings. The van der Waals surface area contributed by atoms with Gasteiger partial charge in [0, 0.05) is 23.4 Å². The molecule has 3 aromatic rings. The Morgan fingerprint density at radius 3 is 2.33 bits per heavy atom.